The molecular weight excluding hydrogens is 290 g/mol. The van der Waals surface area contributed by atoms with Crippen molar-refractivity contribution in [3.05, 3.63) is 59.7 Å². The van der Waals surface area contributed by atoms with Crippen LogP contribution in [0.15, 0.2) is 48.5 Å². The lowest BCUT2D eigenvalue weighted by molar-refractivity contribution is 0.332. The molecule has 1 heterocycles. The van der Waals surface area contributed by atoms with Crippen LogP contribution in [-0.2, 0) is 6.54 Å². The molecule has 0 aromatic heterocycles. The van der Waals surface area contributed by atoms with Gasteiger partial charge in [0.05, 0.1) is 0 Å². The van der Waals surface area contributed by atoms with Gasteiger partial charge in [0.15, 0.2) is 0 Å². The number of nitrogens with zero attached hydrogens (tertiary/aromatic N) is 1. The average molecular weight is 322 g/mol. The average Bonchev–Trinajstić information content (AvgIpc) is 3.07. The van der Waals surface area contributed by atoms with Crippen LogP contribution in [0, 0.1) is 5.41 Å². The zero-order valence-corrected chi connectivity index (χ0v) is 15.7. The topological polar surface area (TPSA) is 3.24 Å². The highest BCUT2D eigenvalue weighted by molar-refractivity contribution is 5.67. The van der Waals surface area contributed by atoms with Crippen LogP contribution in [0.4, 0.5) is 0 Å². The summed E-state index contributed by atoms with van der Waals surface area (Å²) in [7, 11) is 0. The van der Waals surface area contributed by atoms with Gasteiger partial charge in [-0.3, -0.25) is 4.90 Å². The van der Waals surface area contributed by atoms with Crippen molar-refractivity contribution in [2.24, 2.45) is 5.41 Å². The zero-order chi connectivity index (χ0) is 17.2. The van der Waals surface area contributed by atoms with Crippen LogP contribution in [0.2, 0.25) is 0 Å². The van der Waals surface area contributed by atoms with Gasteiger partial charge >= 0.3 is 0 Å². The Morgan fingerprint density at radius 1 is 0.917 bits per heavy atom. The number of likely N-dealkylation sites (tertiary alicyclic amines) is 1. The minimum Gasteiger partial charge on any atom is -0.299 e. The number of hydrogen-bond acceptors (Lipinski definition) is 1. The largest absolute Gasteiger partial charge is 0.299 e. The van der Waals surface area contributed by atoms with E-state index in [0.29, 0.717) is 11.3 Å². The predicted octanol–water partition coefficient (Wildman–Crippen LogP) is 6.10. The van der Waals surface area contributed by atoms with Gasteiger partial charge in [0.1, 0.15) is 0 Å². The van der Waals surface area contributed by atoms with Crippen LogP contribution in [-0.4, -0.2) is 18.0 Å². The van der Waals surface area contributed by atoms with E-state index < -0.39 is 0 Å². The molecule has 0 radical (unpaired) electrons. The Kier molecular flexibility index (Phi) is 5.10. The lowest BCUT2D eigenvalue weighted by Gasteiger charge is -2.27. The molecular formula is C23H31N. The van der Waals surface area contributed by atoms with Crippen LogP contribution in [0.25, 0.3) is 11.1 Å². The highest BCUT2D eigenvalue weighted by atomic mass is 15.1. The number of benzene rings is 2. The van der Waals surface area contributed by atoms with E-state index in [1.807, 2.05) is 0 Å². The molecule has 1 aliphatic rings. The van der Waals surface area contributed by atoms with Crippen molar-refractivity contribution < 1.29 is 0 Å². The molecule has 1 heteroatoms. The van der Waals surface area contributed by atoms with Gasteiger partial charge in [-0.2, -0.15) is 0 Å². The van der Waals surface area contributed by atoms with E-state index >= 15 is 0 Å². The molecule has 1 atom stereocenters. The van der Waals surface area contributed by atoms with Gasteiger partial charge in [0.25, 0.3) is 0 Å². The molecule has 1 aliphatic heterocycles. The Labute approximate surface area is 147 Å². The van der Waals surface area contributed by atoms with Crippen LogP contribution >= 0.6 is 0 Å². The summed E-state index contributed by atoms with van der Waals surface area (Å²) >= 11 is 0. The van der Waals surface area contributed by atoms with Gasteiger partial charge in [-0.25, -0.2) is 0 Å². The highest BCUT2D eigenvalue weighted by Gasteiger charge is 2.21. The minimum absolute atomic E-state index is 0.301. The minimum atomic E-state index is 0.301. The summed E-state index contributed by atoms with van der Waals surface area (Å²) in [4.78, 5) is 2.58. The second-order valence-corrected chi connectivity index (χ2v) is 8.35. The van der Waals surface area contributed by atoms with E-state index in [9.17, 15) is 0 Å². The maximum atomic E-state index is 2.58. The summed E-state index contributed by atoms with van der Waals surface area (Å²) in [6.45, 7) is 12.9. The molecule has 1 fully saturated rings. The van der Waals surface area contributed by atoms with Crippen molar-refractivity contribution >= 4 is 0 Å². The molecule has 0 spiro atoms. The molecule has 2 aromatic rings. The third kappa shape index (κ3) is 3.89. The van der Waals surface area contributed by atoms with Crippen molar-refractivity contribution in [2.45, 2.75) is 53.0 Å². The number of rotatable bonds is 4. The molecule has 128 valence electrons. The molecule has 1 nitrogen and oxygen atoms in total. The molecule has 3 rings (SSSR count). The van der Waals surface area contributed by atoms with Crippen LogP contribution in [0.3, 0.4) is 0 Å². The Morgan fingerprint density at radius 2 is 1.54 bits per heavy atom. The van der Waals surface area contributed by atoms with Gasteiger partial charge in [0, 0.05) is 6.54 Å². The molecule has 24 heavy (non-hydrogen) atoms. The van der Waals surface area contributed by atoms with Gasteiger partial charge < -0.3 is 0 Å². The van der Waals surface area contributed by atoms with E-state index in [0.717, 1.165) is 6.54 Å². The highest BCUT2D eigenvalue weighted by Crippen LogP contribution is 2.35. The van der Waals surface area contributed by atoms with Gasteiger partial charge in [-0.05, 0) is 59.5 Å². The number of hydrogen-bond donors (Lipinski definition) is 0. The summed E-state index contributed by atoms with van der Waals surface area (Å²) in [5, 5.41) is 0. The molecule has 0 amide bonds. The zero-order valence-electron chi connectivity index (χ0n) is 15.7. The SMILES string of the molecule is C[C@H](c1ccc(-c2ccccc2CN2CCCC2)cc1)C(C)(C)C. The quantitative estimate of drug-likeness (QED) is 0.657. The van der Waals surface area contributed by atoms with Gasteiger partial charge in [-0.1, -0.05) is 76.2 Å². The third-order valence-corrected chi connectivity index (χ3v) is 5.63. The second-order valence-electron chi connectivity index (χ2n) is 8.35. The standard InChI is InChI=1S/C23H31N/c1-18(23(2,3)4)19-11-13-20(14-12-19)22-10-6-5-9-21(22)17-24-15-7-8-16-24/h5-6,9-14,18H,7-8,15-17H2,1-4H3/t18-/m1/s1. The van der Waals surface area contributed by atoms with Crippen LogP contribution in [0.1, 0.15) is 57.6 Å². The molecule has 0 bridgehead atoms. The first-order chi connectivity index (χ1) is 11.4. The van der Waals surface area contributed by atoms with Crippen molar-refractivity contribution in [3.63, 3.8) is 0 Å². The predicted molar refractivity (Wildman–Crippen MR) is 104 cm³/mol. The molecule has 1 saturated heterocycles. The summed E-state index contributed by atoms with van der Waals surface area (Å²) in [6, 6.07) is 18.1. The monoisotopic (exact) mass is 321 g/mol. The maximum absolute atomic E-state index is 2.58. The van der Waals surface area contributed by atoms with E-state index in [4.69, 9.17) is 0 Å². The fraction of sp³-hybridized carbons (Fsp3) is 0.478. The normalized spacial score (nSPS) is 17.2. The Bertz CT molecular complexity index is 657. The first-order valence-electron chi connectivity index (χ1n) is 9.36. The fourth-order valence-electron chi connectivity index (χ4n) is 3.57. The van der Waals surface area contributed by atoms with E-state index in [1.54, 1.807) is 0 Å². The molecule has 0 N–H and O–H groups in total. The van der Waals surface area contributed by atoms with Crippen molar-refractivity contribution in [1.82, 2.24) is 4.90 Å². The smallest absolute Gasteiger partial charge is 0.0239 e. The van der Waals surface area contributed by atoms with Crippen molar-refractivity contribution in [2.75, 3.05) is 13.1 Å². The van der Waals surface area contributed by atoms with Gasteiger partial charge in [0.2, 0.25) is 0 Å². The summed E-state index contributed by atoms with van der Waals surface area (Å²) < 4.78 is 0. The third-order valence-electron chi connectivity index (χ3n) is 5.63. The molecule has 0 saturated carbocycles. The Balaban J connectivity index is 1.84. The van der Waals surface area contributed by atoms with E-state index in [2.05, 4.69) is 81.1 Å². The van der Waals surface area contributed by atoms with Crippen molar-refractivity contribution in [3.8, 4) is 11.1 Å². The summed E-state index contributed by atoms with van der Waals surface area (Å²) in [5.74, 6) is 0.561. The second kappa shape index (κ2) is 7.11. The maximum Gasteiger partial charge on any atom is 0.0239 e. The Morgan fingerprint density at radius 3 is 2.17 bits per heavy atom. The lowest BCUT2D eigenvalue weighted by Crippen LogP contribution is -2.18. The van der Waals surface area contributed by atoms with Crippen LogP contribution < -0.4 is 0 Å². The van der Waals surface area contributed by atoms with Gasteiger partial charge in [-0.15, -0.1) is 0 Å². The van der Waals surface area contributed by atoms with Crippen LogP contribution in [0.5, 0.6) is 0 Å². The summed E-state index contributed by atoms with van der Waals surface area (Å²) in [5.41, 5.74) is 5.92. The summed E-state index contributed by atoms with van der Waals surface area (Å²) in [6.07, 6.45) is 2.70. The molecule has 0 unspecified atom stereocenters. The first-order valence-corrected chi connectivity index (χ1v) is 9.36. The Hall–Kier alpha value is -1.60. The first kappa shape index (κ1) is 17.2. The molecule has 0 aliphatic carbocycles. The van der Waals surface area contributed by atoms with Crippen molar-refractivity contribution in [1.29, 1.82) is 0 Å². The van der Waals surface area contributed by atoms with E-state index in [-0.39, 0.29) is 0 Å². The fourth-order valence-corrected chi connectivity index (χ4v) is 3.57. The molecule has 2 aromatic carbocycles. The lowest BCUT2D eigenvalue weighted by atomic mass is 9.77. The van der Waals surface area contributed by atoms with E-state index in [1.165, 1.54) is 48.2 Å².